The molecule has 172 valence electrons. The Hall–Kier alpha value is -1.64. The van der Waals surface area contributed by atoms with Crippen LogP contribution in [0.4, 0.5) is 5.82 Å². The minimum Gasteiger partial charge on any atom is -0.548 e. The topological polar surface area (TPSA) is 156 Å². The molecular formula is C18H27N5O5S3. The third-order valence-electron chi connectivity index (χ3n) is 4.51. The monoisotopic (exact) mass is 489 g/mol. The van der Waals surface area contributed by atoms with E-state index in [9.17, 15) is 18.1 Å². The van der Waals surface area contributed by atoms with E-state index in [1.165, 1.54) is 5.41 Å². The van der Waals surface area contributed by atoms with Crippen molar-refractivity contribution in [3.05, 3.63) is 40.2 Å². The highest BCUT2D eigenvalue weighted by atomic mass is 32.3. The summed E-state index contributed by atoms with van der Waals surface area (Å²) in [6.07, 6.45) is -1.31. The molecule has 4 atom stereocenters. The van der Waals surface area contributed by atoms with Crippen molar-refractivity contribution in [2.75, 3.05) is 11.9 Å². The Kier molecular flexibility index (Phi) is 7.03. The zero-order valence-corrected chi connectivity index (χ0v) is 20.3. The van der Waals surface area contributed by atoms with Crippen molar-refractivity contribution >= 4 is 38.7 Å². The van der Waals surface area contributed by atoms with E-state index >= 15 is 0 Å². The zero-order chi connectivity index (χ0) is 23.0. The number of aryl methyl sites for hydroxylation is 1. The van der Waals surface area contributed by atoms with Gasteiger partial charge >= 0.3 is 0 Å². The van der Waals surface area contributed by atoms with Gasteiger partial charge in [0.1, 0.15) is 23.7 Å². The highest BCUT2D eigenvalue weighted by molar-refractivity contribution is 8.14. The van der Waals surface area contributed by atoms with Crippen LogP contribution in [-0.2, 0) is 10.0 Å². The minimum atomic E-state index is -3.71. The van der Waals surface area contributed by atoms with Crippen LogP contribution in [0.25, 0.3) is 0 Å². The number of rotatable bonds is 7. The van der Waals surface area contributed by atoms with Gasteiger partial charge in [-0.25, -0.2) is 18.1 Å². The first-order valence-electron chi connectivity index (χ1n) is 9.63. The summed E-state index contributed by atoms with van der Waals surface area (Å²) >= 11 is -0.772. The lowest BCUT2D eigenvalue weighted by molar-refractivity contribution is 0.229. The minimum absolute atomic E-state index is 0.156. The second-order valence-electron chi connectivity index (χ2n) is 8.18. The van der Waals surface area contributed by atoms with Gasteiger partial charge in [-0.2, -0.15) is 0 Å². The van der Waals surface area contributed by atoms with Crippen molar-refractivity contribution in [3.8, 4) is 0 Å². The number of anilines is 1. The first-order chi connectivity index (χ1) is 14.4. The standard InChI is InChI=1S/C18H27N5O5S3/c1-6-19-31(26,27)17-13(24)11(9-29-17)20-15-16(23-30(25)22-15)21-14(18(3,4)5)12-8-7-10(2)28-12/h7-9,13-14,17,19,24H,6H2,1-5H3,(H,20,22)(H,21,23)/t13?,14-,17?,30?/m0/s1. The molecule has 0 radical (unpaired) electrons. The molecule has 31 heavy (non-hydrogen) atoms. The predicted molar refractivity (Wildman–Crippen MR) is 120 cm³/mol. The van der Waals surface area contributed by atoms with E-state index in [0.29, 0.717) is 5.76 Å². The lowest BCUT2D eigenvalue weighted by atomic mass is 9.86. The second-order valence-corrected chi connectivity index (χ2v) is 12.3. The molecule has 3 rings (SSSR count). The van der Waals surface area contributed by atoms with Crippen LogP contribution >= 0.6 is 22.9 Å². The number of thioether (sulfide) groups is 1. The molecule has 0 amide bonds. The molecule has 0 aromatic carbocycles. The molecule has 0 aliphatic carbocycles. The Bertz CT molecular complexity index is 1130. The number of furan rings is 1. The van der Waals surface area contributed by atoms with Crippen molar-refractivity contribution in [1.82, 2.24) is 13.5 Å². The molecule has 2 aromatic heterocycles. The molecule has 2 aromatic rings. The Morgan fingerprint density at radius 1 is 1.45 bits per heavy atom. The van der Waals surface area contributed by atoms with E-state index in [-0.39, 0.29) is 29.0 Å². The third kappa shape index (κ3) is 5.41. The fraction of sp³-hybridized carbons (Fsp3) is 0.556. The summed E-state index contributed by atoms with van der Waals surface area (Å²) in [6.45, 7) is 9.75. The molecule has 4 N–H and O–H groups in total. The van der Waals surface area contributed by atoms with Crippen LogP contribution in [0.5, 0.6) is 0 Å². The molecule has 13 heteroatoms. The second kappa shape index (κ2) is 9.08. The smallest absolute Gasteiger partial charge is 0.236 e. The van der Waals surface area contributed by atoms with Gasteiger partial charge in [0.2, 0.25) is 21.3 Å². The van der Waals surface area contributed by atoms with Gasteiger partial charge in [-0.15, -0.1) is 16.1 Å². The van der Waals surface area contributed by atoms with E-state index < -0.39 is 37.9 Å². The van der Waals surface area contributed by atoms with Crippen molar-refractivity contribution in [2.45, 2.75) is 51.3 Å². The Labute approximate surface area is 188 Å². The highest BCUT2D eigenvalue weighted by Gasteiger charge is 2.39. The van der Waals surface area contributed by atoms with Crippen molar-refractivity contribution < 1.29 is 22.5 Å². The van der Waals surface area contributed by atoms with Crippen LogP contribution in [0.15, 0.2) is 32.6 Å². The van der Waals surface area contributed by atoms with Crippen molar-refractivity contribution in [3.63, 3.8) is 0 Å². The van der Waals surface area contributed by atoms with Gasteiger partial charge in [0, 0.05) is 10.9 Å². The number of H-pyrrole nitrogens is 1. The SMILES string of the molecule is CCNS(=O)(=O)C1SC=C(Nc2n[s+]([O-])[nH]c2=N[C@@H](c2ccc(C)o2)C(C)(C)C)C1O. The Morgan fingerprint density at radius 2 is 2.16 bits per heavy atom. The average molecular weight is 490 g/mol. The molecule has 3 heterocycles. The van der Waals surface area contributed by atoms with E-state index in [1.807, 2.05) is 39.8 Å². The maximum absolute atomic E-state index is 12.3. The number of aromatic amines is 1. The van der Waals surface area contributed by atoms with Crippen LogP contribution in [0.2, 0.25) is 0 Å². The van der Waals surface area contributed by atoms with E-state index in [1.54, 1.807) is 6.92 Å². The number of hydrogen-bond donors (Lipinski definition) is 4. The number of aliphatic hydroxyl groups excluding tert-OH is 1. The first kappa shape index (κ1) is 24.0. The number of nitrogens with one attached hydrogen (secondary N) is 3. The van der Waals surface area contributed by atoms with Gasteiger partial charge in [0.05, 0.1) is 5.70 Å². The van der Waals surface area contributed by atoms with E-state index in [4.69, 9.17) is 9.41 Å². The molecule has 0 fully saturated rings. The van der Waals surface area contributed by atoms with Gasteiger partial charge in [-0.1, -0.05) is 27.7 Å². The summed E-state index contributed by atoms with van der Waals surface area (Å²) in [5.74, 6) is 1.57. The number of hydrogen-bond acceptors (Lipinski definition) is 9. The first-order valence-corrected chi connectivity index (χ1v) is 13.2. The summed E-state index contributed by atoms with van der Waals surface area (Å²) in [6, 6.07) is 3.30. The molecule has 0 bridgehead atoms. The quantitative estimate of drug-likeness (QED) is 0.432. The molecule has 10 nitrogen and oxygen atoms in total. The summed E-state index contributed by atoms with van der Waals surface area (Å²) < 4.78 is 50.4. The van der Waals surface area contributed by atoms with Crippen LogP contribution in [0, 0.1) is 12.3 Å². The summed E-state index contributed by atoms with van der Waals surface area (Å²) in [4.78, 5) is 4.71. The van der Waals surface area contributed by atoms with Gasteiger partial charge in [-0.3, -0.25) is 0 Å². The van der Waals surface area contributed by atoms with Gasteiger partial charge in [0.25, 0.3) is 0 Å². The fourth-order valence-corrected chi connectivity index (χ4v) is 6.50. The Balaban J connectivity index is 1.92. The summed E-state index contributed by atoms with van der Waals surface area (Å²) in [5.41, 5.74) is 0.161. The average Bonchev–Trinajstić information content (AvgIpc) is 3.32. The maximum atomic E-state index is 12.3. The van der Waals surface area contributed by atoms with Gasteiger partial charge in [-0.05, 0) is 29.9 Å². The van der Waals surface area contributed by atoms with Crippen LogP contribution in [0.3, 0.4) is 0 Å². The lowest BCUT2D eigenvalue weighted by Crippen LogP contribution is -2.39. The third-order valence-corrected chi connectivity index (χ3v) is 8.80. The van der Waals surface area contributed by atoms with E-state index in [2.05, 4.69) is 18.8 Å². The number of nitrogens with zero attached hydrogens (tertiary/aromatic N) is 2. The molecule has 1 aliphatic rings. The molecule has 1 aliphatic heterocycles. The van der Waals surface area contributed by atoms with Crippen molar-refractivity contribution in [2.24, 2.45) is 10.4 Å². The van der Waals surface area contributed by atoms with E-state index in [0.717, 1.165) is 17.5 Å². The predicted octanol–water partition coefficient (Wildman–Crippen LogP) is 2.35. The van der Waals surface area contributed by atoms with Crippen LogP contribution in [-0.4, -0.2) is 44.1 Å². The fourth-order valence-electron chi connectivity index (χ4n) is 3.06. The molecule has 0 saturated heterocycles. The van der Waals surface area contributed by atoms with Gasteiger partial charge in [0.15, 0.2) is 15.7 Å². The van der Waals surface area contributed by atoms with Crippen LogP contribution < -0.4 is 15.5 Å². The lowest BCUT2D eigenvalue weighted by Gasteiger charge is -2.25. The van der Waals surface area contributed by atoms with Crippen LogP contribution in [0.1, 0.15) is 45.3 Å². The van der Waals surface area contributed by atoms with Crippen molar-refractivity contribution in [1.29, 1.82) is 0 Å². The molecule has 3 unspecified atom stereocenters. The molecule has 0 spiro atoms. The molecular weight excluding hydrogens is 462 g/mol. The number of aromatic nitrogens is 2. The summed E-state index contributed by atoms with van der Waals surface area (Å²) in [7, 11) is -3.71. The maximum Gasteiger partial charge on any atom is 0.236 e. The summed E-state index contributed by atoms with van der Waals surface area (Å²) in [5, 5.41) is 15.0. The number of aliphatic hydroxyl groups is 1. The normalized spacial score (nSPS) is 22.0. The highest BCUT2D eigenvalue weighted by Crippen LogP contribution is 2.37. The molecule has 0 saturated carbocycles. The largest absolute Gasteiger partial charge is 0.548 e. The number of sulfonamides is 1. The van der Waals surface area contributed by atoms with Gasteiger partial charge < -0.3 is 19.4 Å². The zero-order valence-electron chi connectivity index (χ0n) is 17.9. The Morgan fingerprint density at radius 3 is 2.74 bits per heavy atom.